The number of amides is 2. The van der Waals surface area contributed by atoms with E-state index in [1.807, 2.05) is 0 Å². The molecule has 1 unspecified atom stereocenters. The van der Waals surface area contributed by atoms with Gasteiger partial charge in [0.1, 0.15) is 5.75 Å². The highest BCUT2D eigenvalue weighted by Crippen LogP contribution is 2.24. The standard InChI is InChI=1S/C16H16Cl2N2O3/c1-23-15-5-3-2-4-13(15)14(21)9-19-16(22)20-12-7-10(17)6-11(18)8-12/h2-8,14,21H,9H2,1H3,(H2,19,20,22). The minimum atomic E-state index is -0.889. The van der Waals surface area contributed by atoms with Crippen molar-refractivity contribution >= 4 is 34.9 Å². The third-order valence-electron chi connectivity index (χ3n) is 3.07. The number of hydrogen-bond acceptors (Lipinski definition) is 3. The fourth-order valence-corrected chi connectivity index (χ4v) is 2.57. The zero-order chi connectivity index (χ0) is 16.8. The molecule has 2 amide bonds. The Labute approximate surface area is 144 Å². The predicted octanol–water partition coefficient (Wildman–Crippen LogP) is 3.86. The Morgan fingerprint density at radius 2 is 1.87 bits per heavy atom. The maximum Gasteiger partial charge on any atom is 0.319 e. The summed E-state index contributed by atoms with van der Waals surface area (Å²) in [5, 5.41) is 16.2. The molecule has 0 aliphatic carbocycles. The van der Waals surface area contributed by atoms with Crippen LogP contribution in [0.5, 0.6) is 5.75 Å². The van der Waals surface area contributed by atoms with Gasteiger partial charge in [-0.1, -0.05) is 41.4 Å². The molecule has 0 spiro atoms. The predicted molar refractivity (Wildman–Crippen MR) is 91.4 cm³/mol. The van der Waals surface area contributed by atoms with Gasteiger partial charge < -0.3 is 20.5 Å². The van der Waals surface area contributed by atoms with Crippen molar-refractivity contribution in [2.45, 2.75) is 6.10 Å². The Bertz CT molecular complexity index is 675. The quantitative estimate of drug-likeness (QED) is 0.763. The van der Waals surface area contributed by atoms with Gasteiger partial charge in [0.15, 0.2) is 0 Å². The molecule has 3 N–H and O–H groups in total. The molecule has 1 atom stereocenters. The molecule has 2 aromatic rings. The summed E-state index contributed by atoms with van der Waals surface area (Å²) in [6, 6.07) is 11.3. The zero-order valence-electron chi connectivity index (χ0n) is 12.3. The van der Waals surface area contributed by atoms with E-state index in [-0.39, 0.29) is 6.54 Å². The molecule has 122 valence electrons. The molecular weight excluding hydrogens is 339 g/mol. The van der Waals surface area contributed by atoms with E-state index in [1.54, 1.807) is 42.5 Å². The van der Waals surface area contributed by atoms with Crippen molar-refractivity contribution < 1.29 is 14.6 Å². The van der Waals surface area contributed by atoms with E-state index in [9.17, 15) is 9.90 Å². The van der Waals surface area contributed by atoms with Gasteiger partial charge in [-0.25, -0.2) is 4.79 Å². The van der Waals surface area contributed by atoms with Crippen molar-refractivity contribution in [2.75, 3.05) is 19.0 Å². The summed E-state index contributed by atoms with van der Waals surface area (Å²) < 4.78 is 5.18. The van der Waals surface area contributed by atoms with Crippen LogP contribution in [0.3, 0.4) is 0 Å². The number of aliphatic hydroxyl groups excluding tert-OH is 1. The van der Waals surface area contributed by atoms with E-state index in [4.69, 9.17) is 27.9 Å². The molecule has 0 saturated heterocycles. The summed E-state index contributed by atoms with van der Waals surface area (Å²) in [4.78, 5) is 11.9. The largest absolute Gasteiger partial charge is 0.496 e. The number of carbonyl (C=O) groups is 1. The van der Waals surface area contributed by atoms with Crippen LogP contribution >= 0.6 is 23.2 Å². The van der Waals surface area contributed by atoms with Crippen LogP contribution in [0.1, 0.15) is 11.7 Å². The van der Waals surface area contributed by atoms with Gasteiger partial charge in [-0.15, -0.1) is 0 Å². The Morgan fingerprint density at radius 3 is 2.52 bits per heavy atom. The SMILES string of the molecule is COc1ccccc1C(O)CNC(=O)Nc1cc(Cl)cc(Cl)c1. The van der Waals surface area contributed by atoms with Crippen molar-refractivity contribution in [2.24, 2.45) is 0 Å². The number of urea groups is 1. The van der Waals surface area contributed by atoms with E-state index >= 15 is 0 Å². The highest BCUT2D eigenvalue weighted by molar-refractivity contribution is 6.35. The van der Waals surface area contributed by atoms with E-state index < -0.39 is 12.1 Å². The molecule has 7 heteroatoms. The number of halogens is 2. The van der Waals surface area contributed by atoms with E-state index in [1.165, 1.54) is 7.11 Å². The topological polar surface area (TPSA) is 70.6 Å². The summed E-state index contributed by atoms with van der Waals surface area (Å²) in [5.74, 6) is 0.559. The lowest BCUT2D eigenvalue weighted by atomic mass is 10.1. The molecule has 0 fully saturated rings. The first-order valence-electron chi connectivity index (χ1n) is 6.81. The highest BCUT2D eigenvalue weighted by Gasteiger charge is 2.14. The fraction of sp³-hybridized carbons (Fsp3) is 0.188. The molecule has 0 aromatic heterocycles. The van der Waals surface area contributed by atoms with Crippen LogP contribution in [0.2, 0.25) is 10.0 Å². The fourth-order valence-electron chi connectivity index (χ4n) is 2.04. The van der Waals surface area contributed by atoms with E-state index in [0.29, 0.717) is 27.0 Å². The second-order valence-corrected chi connectivity index (χ2v) is 5.62. The summed E-state index contributed by atoms with van der Waals surface area (Å²) >= 11 is 11.7. The van der Waals surface area contributed by atoms with Crippen molar-refractivity contribution in [3.05, 3.63) is 58.1 Å². The van der Waals surface area contributed by atoms with Gasteiger partial charge in [-0.3, -0.25) is 0 Å². The van der Waals surface area contributed by atoms with Gasteiger partial charge in [0.2, 0.25) is 0 Å². The molecule has 0 bridgehead atoms. The van der Waals surface area contributed by atoms with Crippen molar-refractivity contribution in [3.8, 4) is 5.75 Å². The van der Waals surface area contributed by atoms with Gasteiger partial charge in [0, 0.05) is 27.8 Å². The lowest BCUT2D eigenvalue weighted by Crippen LogP contribution is -2.32. The number of nitrogens with one attached hydrogen (secondary N) is 2. The van der Waals surface area contributed by atoms with Crippen LogP contribution in [-0.2, 0) is 0 Å². The highest BCUT2D eigenvalue weighted by atomic mass is 35.5. The van der Waals surface area contributed by atoms with Crippen molar-refractivity contribution in [1.29, 1.82) is 0 Å². The average Bonchev–Trinajstić information content (AvgIpc) is 2.51. The van der Waals surface area contributed by atoms with Gasteiger partial charge >= 0.3 is 6.03 Å². The Kier molecular flexibility index (Phi) is 6.10. The van der Waals surface area contributed by atoms with Crippen LogP contribution in [0.15, 0.2) is 42.5 Å². The maximum absolute atomic E-state index is 11.9. The number of rotatable bonds is 5. The molecule has 5 nitrogen and oxygen atoms in total. The van der Waals surface area contributed by atoms with E-state index in [0.717, 1.165) is 0 Å². The number of anilines is 1. The summed E-state index contributed by atoms with van der Waals surface area (Å²) in [5.41, 5.74) is 1.06. The first kappa shape index (κ1) is 17.4. The lowest BCUT2D eigenvalue weighted by Gasteiger charge is -2.15. The smallest absolute Gasteiger partial charge is 0.319 e. The van der Waals surface area contributed by atoms with Crippen LogP contribution in [0, 0.1) is 0 Å². The third kappa shape index (κ3) is 5.03. The number of benzene rings is 2. The van der Waals surface area contributed by atoms with Crippen LogP contribution in [-0.4, -0.2) is 24.8 Å². The normalized spacial score (nSPS) is 11.7. The average molecular weight is 355 g/mol. The third-order valence-corrected chi connectivity index (χ3v) is 3.51. The molecule has 2 aromatic carbocycles. The molecule has 0 aliphatic rings. The summed E-state index contributed by atoms with van der Waals surface area (Å²) in [6.45, 7) is 0.0283. The first-order chi connectivity index (χ1) is 11.0. The van der Waals surface area contributed by atoms with Crippen molar-refractivity contribution in [1.82, 2.24) is 5.32 Å². The van der Waals surface area contributed by atoms with Gasteiger partial charge in [0.25, 0.3) is 0 Å². The molecule has 0 aliphatic heterocycles. The van der Waals surface area contributed by atoms with Gasteiger partial charge in [0.05, 0.1) is 13.2 Å². The summed E-state index contributed by atoms with van der Waals surface area (Å²) in [7, 11) is 1.52. The van der Waals surface area contributed by atoms with Crippen LogP contribution < -0.4 is 15.4 Å². The van der Waals surface area contributed by atoms with E-state index in [2.05, 4.69) is 10.6 Å². The number of hydrogen-bond donors (Lipinski definition) is 3. The molecule has 23 heavy (non-hydrogen) atoms. The number of aliphatic hydroxyl groups is 1. The Balaban J connectivity index is 1.93. The lowest BCUT2D eigenvalue weighted by molar-refractivity contribution is 0.171. The second kappa shape index (κ2) is 8.06. The number of carbonyl (C=O) groups excluding carboxylic acids is 1. The minimum Gasteiger partial charge on any atom is -0.496 e. The monoisotopic (exact) mass is 354 g/mol. The van der Waals surface area contributed by atoms with Crippen molar-refractivity contribution in [3.63, 3.8) is 0 Å². The minimum absolute atomic E-state index is 0.0283. The van der Waals surface area contributed by atoms with Crippen LogP contribution in [0.4, 0.5) is 10.5 Å². The molecule has 0 radical (unpaired) electrons. The number of methoxy groups -OCH3 is 1. The number of para-hydroxylation sites is 1. The Hall–Kier alpha value is -1.95. The maximum atomic E-state index is 11.9. The second-order valence-electron chi connectivity index (χ2n) is 4.75. The molecule has 0 saturated carbocycles. The molecule has 0 heterocycles. The van der Waals surface area contributed by atoms with Gasteiger partial charge in [-0.2, -0.15) is 0 Å². The van der Waals surface area contributed by atoms with Crippen LogP contribution in [0.25, 0.3) is 0 Å². The first-order valence-corrected chi connectivity index (χ1v) is 7.57. The number of ether oxygens (including phenoxy) is 1. The van der Waals surface area contributed by atoms with Gasteiger partial charge in [-0.05, 0) is 24.3 Å². The Morgan fingerprint density at radius 1 is 1.22 bits per heavy atom. The molecular formula is C16H16Cl2N2O3. The summed E-state index contributed by atoms with van der Waals surface area (Å²) in [6.07, 6.45) is -0.889. The zero-order valence-corrected chi connectivity index (χ0v) is 13.9. The molecule has 2 rings (SSSR count).